The average Bonchev–Trinajstić information content (AvgIpc) is 2.56. The summed E-state index contributed by atoms with van der Waals surface area (Å²) in [6.45, 7) is 0.270. The first-order valence-corrected chi connectivity index (χ1v) is 8.26. The quantitative estimate of drug-likeness (QED) is 0.655. The van der Waals surface area contributed by atoms with E-state index in [0.29, 0.717) is 11.2 Å². The van der Waals surface area contributed by atoms with E-state index in [4.69, 9.17) is 27.9 Å². The molecule has 0 amide bonds. The summed E-state index contributed by atoms with van der Waals surface area (Å²) in [5.74, 6) is -0.249. The van der Waals surface area contributed by atoms with Gasteiger partial charge in [0.05, 0.1) is 23.6 Å². The van der Waals surface area contributed by atoms with Crippen molar-refractivity contribution in [3.05, 3.63) is 57.7 Å². The summed E-state index contributed by atoms with van der Waals surface area (Å²) < 4.78 is 43.0. The molecule has 0 unspecified atom stereocenters. The van der Waals surface area contributed by atoms with Crippen LogP contribution in [-0.2, 0) is 22.1 Å². The number of ether oxygens (including phenoxy) is 1. The lowest BCUT2D eigenvalue weighted by molar-refractivity contribution is -0.142. The van der Waals surface area contributed by atoms with Gasteiger partial charge in [-0.2, -0.15) is 13.2 Å². The van der Waals surface area contributed by atoms with Crippen LogP contribution in [0, 0.1) is 0 Å². The highest BCUT2D eigenvalue weighted by atomic mass is 35.5. The van der Waals surface area contributed by atoms with Gasteiger partial charge in [-0.1, -0.05) is 35.3 Å². The third kappa shape index (κ3) is 5.78. The number of anilines is 1. The molecule has 1 aromatic heterocycles. The maximum absolute atomic E-state index is 12.6. The number of alkyl halides is 3. The Labute approximate surface area is 158 Å². The van der Waals surface area contributed by atoms with Crippen LogP contribution in [0.25, 0.3) is 0 Å². The summed E-state index contributed by atoms with van der Waals surface area (Å²) in [5.41, 5.74) is -0.158. The van der Waals surface area contributed by atoms with Gasteiger partial charge in [0.15, 0.2) is 0 Å². The molecule has 4 nitrogen and oxygen atoms in total. The van der Waals surface area contributed by atoms with Crippen molar-refractivity contribution in [2.75, 3.05) is 25.1 Å². The van der Waals surface area contributed by atoms with Crippen LogP contribution in [0.4, 0.5) is 19.0 Å². The highest BCUT2D eigenvalue weighted by Gasteiger charge is 2.31. The van der Waals surface area contributed by atoms with Crippen molar-refractivity contribution in [3.8, 4) is 0 Å². The van der Waals surface area contributed by atoms with Gasteiger partial charge in [-0.25, -0.2) is 4.98 Å². The van der Waals surface area contributed by atoms with Crippen LogP contribution in [0.3, 0.4) is 0 Å². The molecule has 0 saturated carbocycles. The third-order valence-corrected chi connectivity index (χ3v) is 3.99. The van der Waals surface area contributed by atoms with E-state index in [1.54, 1.807) is 31.3 Å². The number of pyridine rings is 1. The number of carbonyl (C=O) groups excluding carboxylic acids is 1. The van der Waals surface area contributed by atoms with Crippen LogP contribution in [0.5, 0.6) is 0 Å². The zero-order valence-corrected chi connectivity index (χ0v) is 15.2. The Hall–Kier alpha value is -1.99. The number of likely N-dealkylation sites (N-methyl/N-ethyl adjacent to an activating group) is 1. The molecule has 1 aromatic carbocycles. The second kappa shape index (κ2) is 8.60. The topological polar surface area (TPSA) is 42.4 Å². The molecule has 0 bridgehead atoms. The molecule has 2 rings (SSSR count). The lowest BCUT2D eigenvalue weighted by Crippen LogP contribution is -2.25. The molecule has 0 radical (unpaired) electrons. The van der Waals surface area contributed by atoms with Crippen molar-refractivity contribution in [3.63, 3.8) is 0 Å². The Morgan fingerprint density at radius 3 is 2.46 bits per heavy atom. The molecule has 0 atom stereocenters. The van der Waals surface area contributed by atoms with Crippen molar-refractivity contribution >= 4 is 35.0 Å². The van der Waals surface area contributed by atoms with E-state index in [1.807, 2.05) is 0 Å². The summed E-state index contributed by atoms with van der Waals surface area (Å²) in [6, 6.07) is 7.61. The molecule has 9 heteroatoms. The molecule has 0 fully saturated rings. The van der Waals surface area contributed by atoms with Crippen LogP contribution in [-0.4, -0.2) is 31.2 Å². The Kier molecular flexibility index (Phi) is 6.72. The second-order valence-corrected chi connectivity index (χ2v) is 6.32. The summed E-state index contributed by atoms with van der Waals surface area (Å²) in [4.78, 5) is 17.0. The fourth-order valence-electron chi connectivity index (χ4n) is 2.09. The second-order valence-electron chi connectivity index (χ2n) is 5.47. The standard InChI is InChI=1S/C17H15Cl2F3N2O2/c1-24(16-14(19)9-12(10-23-16)17(20,21)22)6-7-26-15(25)8-11-2-4-13(18)5-3-11/h2-5,9-10H,6-8H2,1H3. The number of benzene rings is 1. The number of rotatable bonds is 6. The zero-order valence-electron chi connectivity index (χ0n) is 13.7. The first kappa shape index (κ1) is 20.3. The molecule has 0 saturated heterocycles. The number of aromatic nitrogens is 1. The molecule has 2 aromatic rings. The normalized spacial score (nSPS) is 11.3. The Morgan fingerprint density at radius 1 is 1.23 bits per heavy atom. The number of hydrogen-bond donors (Lipinski definition) is 0. The van der Waals surface area contributed by atoms with Crippen molar-refractivity contribution in [2.24, 2.45) is 0 Å². The van der Waals surface area contributed by atoms with E-state index in [2.05, 4.69) is 4.98 Å². The molecule has 0 aliphatic carbocycles. The lowest BCUT2D eigenvalue weighted by atomic mass is 10.1. The van der Waals surface area contributed by atoms with E-state index in [0.717, 1.165) is 11.6 Å². The number of halogens is 5. The SMILES string of the molecule is CN(CCOC(=O)Cc1ccc(Cl)cc1)c1ncc(C(F)(F)F)cc1Cl. The van der Waals surface area contributed by atoms with E-state index < -0.39 is 17.7 Å². The monoisotopic (exact) mass is 406 g/mol. The first-order valence-electron chi connectivity index (χ1n) is 7.51. The molecular formula is C17H15Cl2F3N2O2. The smallest absolute Gasteiger partial charge is 0.417 e. The predicted octanol–water partition coefficient (Wildman–Crippen LogP) is 4.63. The summed E-state index contributed by atoms with van der Waals surface area (Å²) in [6.07, 6.45) is -3.70. The molecule has 1 heterocycles. The molecule has 0 N–H and O–H groups in total. The lowest BCUT2D eigenvalue weighted by Gasteiger charge is -2.20. The van der Waals surface area contributed by atoms with Crippen molar-refractivity contribution in [1.29, 1.82) is 0 Å². The van der Waals surface area contributed by atoms with Gasteiger partial charge < -0.3 is 9.64 Å². The van der Waals surface area contributed by atoms with Crippen molar-refractivity contribution < 1.29 is 22.7 Å². The molecule has 26 heavy (non-hydrogen) atoms. The maximum Gasteiger partial charge on any atom is 0.417 e. The predicted molar refractivity (Wildman–Crippen MR) is 93.6 cm³/mol. The zero-order chi connectivity index (χ0) is 19.3. The number of hydrogen-bond acceptors (Lipinski definition) is 4. The van der Waals surface area contributed by atoms with E-state index in [9.17, 15) is 18.0 Å². The molecule has 140 valence electrons. The number of carbonyl (C=O) groups is 1. The van der Waals surface area contributed by atoms with Gasteiger partial charge in [-0.3, -0.25) is 4.79 Å². The highest BCUT2D eigenvalue weighted by Crippen LogP contribution is 2.33. The van der Waals surface area contributed by atoms with Crippen molar-refractivity contribution in [2.45, 2.75) is 12.6 Å². The largest absolute Gasteiger partial charge is 0.464 e. The third-order valence-electron chi connectivity index (χ3n) is 3.46. The molecular weight excluding hydrogens is 392 g/mol. The molecule has 0 aliphatic rings. The average molecular weight is 407 g/mol. The van der Waals surface area contributed by atoms with Gasteiger partial charge in [0.1, 0.15) is 12.4 Å². The van der Waals surface area contributed by atoms with Crippen LogP contribution < -0.4 is 4.90 Å². The first-order chi connectivity index (χ1) is 12.2. The van der Waals surface area contributed by atoms with Gasteiger partial charge >= 0.3 is 12.1 Å². The van der Waals surface area contributed by atoms with Gasteiger partial charge in [-0.15, -0.1) is 0 Å². The van der Waals surface area contributed by atoms with Gasteiger partial charge in [0.25, 0.3) is 0 Å². The van der Waals surface area contributed by atoms with Gasteiger partial charge in [0, 0.05) is 18.3 Å². The van der Waals surface area contributed by atoms with Gasteiger partial charge in [0.2, 0.25) is 0 Å². The maximum atomic E-state index is 12.6. The van der Waals surface area contributed by atoms with Crippen LogP contribution in [0.1, 0.15) is 11.1 Å². The Bertz CT molecular complexity index is 768. The summed E-state index contributed by atoms with van der Waals surface area (Å²) in [7, 11) is 1.59. The summed E-state index contributed by atoms with van der Waals surface area (Å²) in [5, 5.41) is 0.444. The number of esters is 1. The Balaban J connectivity index is 1.85. The fraction of sp³-hybridized carbons (Fsp3) is 0.294. The Morgan fingerprint density at radius 2 is 1.88 bits per heavy atom. The van der Waals surface area contributed by atoms with Crippen molar-refractivity contribution in [1.82, 2.24) is 4.98 Å². The van der Waals surface area contributed by atoms with E-state index in [-0.39, 0.29) is 30.4 Å². The van der Waals surface area contributed by atoms with Gasteiger partial charge in [-0.05, 0) is 23.8 Å². The minimum Gasteiger partial charge on any atom is -0.464 e. The van der Waals surface area contributed by atoms with E-state index >= 15 is 0 Å². The fourth-order valence-corrected chi connectivity index (χ4v) is 2.53. The molecule has 0 spiro atoms. The minimum absolute atomic E-state index is 0.0436. The number of nitrogens with zero attached hydrogens (tertiary/aromatic N) is 2. The minimum atomic E-state index is -4.51. The summed E-state index contributed by atoms with van der Waals surface area (Å²) >= 11 is 11.6. The van der Waals surface area contributed by atoms with Crippen LogP contribution in [0.2, 0.25) is 10.0 Å². The van der Waals surface area contributed by atoms with E-state index in [1.165, 1.54) is 4.90 Å². The van der Waals surface area contributed by atoms with Crippen LogP contribution in [0.15, 0.2) is 36.5 Å². The van der Waals surface area contributed by atoms with Crippen LogP contribution >= 0.6 is 23.2 Å². The highest BCUT2D eigenvalue weighted by molar-refractivity contribution is 6.33. The molecule has 0 aliphatic heterocycles.